The number of nitrogens with zero attached hydrogens (tertiary/aromatic N) is 2. The molecule has 0 radical (unpaired) electrons. The number of carbonyl (C=O) groups is 2. The third kappa shape index (κ3) is 7.73. The molecule has 2 atom stereocenters. The Labute approximate surface area is 210 Å². The minimum Gasteiger partial charge on any atom is -0.497 e. The predicted molar refractivity (Wildman–Crippen MR) is 137 cm³/mol. The predicted octanol–water partition coefficient (Wildman–Crippen LogP) is 3.56. The van der Waals surface area contributed by atoms with E-state index < -0.39 is 28.5 Å². The Kier molecular flexibility index (Phi) is 9.93. The Morgan fingerprint density at radius 2 is 1.79 bits per heavy atom. The number of sulfonamides is 1. The zero-order valence-corrected chi connectivity index (χ0v) is 22.5. The number of halogens is 1. The molecule has 34 heavy (non-hydrogen) atoms. The van der Waals surface area contributed by atoms with E-state index in [1.54, 1.807) is 56.5 Å². The normalized spacial score (nSPS) is 13.0. The molecule has 186 valence electrons. The number of nitrogens with one attached hydrogen (secondary N) is 1. The van der Waals surface area contributed by atoms with Crippen molar-refractivity contribution in [3.63, 3.8) is 0 Å². The molecule has 0 aliphatic rings. The van der Waals surface area contributed by atoms with E-state index in [0.29, 0.717) is 15.9 Å². The number of anilines is 1. The van der Waals surface area contributed by atoms with E-state index in [2.05, 4.69) is 21.2 Å². The molecule has 0 saturated heterocycles. The van der Waals surface area contributed by atoms with Gasteiger partial charge in [0.2, 0.25) is 21.8 Å². The average molecular weight is 555 g/mol. The van der Waals surface area contributed by atoms with E-state index in [1.807, 2.05) is 19.9 Å². The number of rotatable bonds is 11. The van der Waals surface area contributed by atoms with Gasteiger partial charge in [-0.15, -0.1) is 0 Å². The lowest BCUT2D eigenvalue weighted by Gasteiger charge is -2.32. The molecule has 8 nitrogen and oxygen atoms in total. The summed E-state index contributed by atoms with van der Waals surface area (Å²) in [4.78, 5) is 27.8. The van der Waals surface area contributed by atoms with Gasteiger partial charge in [-0.25, -0.2) is 8.42 Å². The zero-order chi connectivity index (χ0) is 25.5. The van der Waals surface area contributed by atoms with Crippen LogP contribution >= 0.6 is 15.9 Å². The molecule has 2 aromatic carbocycles. The summed E-state index contributed by atoms with van der Waals surface area (Å²) in [5.74, 6) is -0.188. The van der Waals surface area contributed by atoms with Gasteiger partial charge in [0.25, 0.3) is 0 Å². The summed E-state index contributed by atoms with van der Waals surface area (Å²) < 4.78 is 32.1. The molecule has 0 spiro atoms. The number of hydrogen-bond acceptors (Lipinski definition) is 5. The second-order valence-corrected chi connectivity index (χ2v) is 10.9. The topological polar surface area (TPSA) is 96.0 Å². The van der Waals surface area contributed by atoms with Crippen molar-refractivity contribution in [2.45, 2.75) is 45.8 Å². The summed E-state index contributed by atoms with van der Waals surface area (Å²) in [6.45, 7) is 5.15. The molecule has 0 bridgehead atoms. The minimum absolute atomic E-state index is 0.0575. The van der Waals surface area contributed by atoms with Gasteiger partial charge in [0.05, 0.1) is 19.1 Å². The lowest BCUT2D eigenvalue weighted by molar-refractivity contribution is -0.139. The zero-order valence-electron chi connectivity index (χ0n) is 20.1. The highest BCUT2D eigenvalue weighted by Gasteiger charge is 2.30. The number of hydrogen-bond donors (Lipinski definition) is 1. The van der Waals surface area contributed by atoms with Crippen LogP contribution in [-0.2, 0) is 26.2 Å². The smallest absolute Gasteiger partial charge is 0.244 e. The van der Waals surface area contributed by atoms with Gasteiger partial charge in [0.15, 0.2) is 0 Å². The first kappa shape index (κ1) is 27.7. The Morgan fingerprint density at radius 3 is 2.38 bits per heavy atom. The summed E-state index contributed by atoms with van der Waals surface area (Å²) in [6, 6.07) is 13.0. The number of ether oxygens (including phenoxy) is 1. The summed E-state index contributed by atoms with van der Waals surface area (Å²) in [5.41, 5.74) is 1.10. The fourth-order valence-electron chi connectivity index (χ4n) is 3.26. The lowest BCUT2D eigenvalue weighted by atomic mass is 10.1. The van der Waals surface area contributed by atoms with Crippen molar-refractivity contribution in [2.24, 2.45) is 0 Å². The van der Waals surface area contributed by atoms with Crippen molar-refractivity contribution in [2.75, 3.05) is 24.2 Å². The first-order valence-electron chi connectivity index (χ1n) is 10.9. The highest BCUT2D eigenvalue weighted by atomic mass is 79.9. The van der Waals surface area contributed by atoms with E-state index in [0.717, 1.165) is 22.5 Å². The molecule has 2 unspecified atom stereocenters. The van der Waals surface area contributed by atoms with Crippen LogP contribution in [0.15, 0.2) is 53.0 Å². The van der Waals surface area contributed by atoms with E-state index >= 15 is 0 Å². The fraction of sp³-hybridized carbons (Fsp3) is 0.417. The van der Waals surface area contributed by atoms with Gasteiger partial charge in [0.1, 0.15) is 18.3 Å². The Hall–Kier alpha value is -2.59. The van der Waals surface area contributed by atoms with Gasteiger partial charge in [-0.2, -0.15) is 0 Å². The van der Waals surface area contributed by atoms with Crippen LogP contribution in [-0.4, -0.2) is 57.1 Å². The molecule has 0 aliphatic heterocycles. The molecule has 0 aliphatic carbocycles. The van der Waals surface area contributed by atoms with E-state index in [-0.39, 0.29) is 18.5 Å². The SMILES string of the molecule is CCC(C)NC(=O)C(C)N(Cc1cccc(OC)c1)C(=O)CN(c1cccc(Br)c1)S(C)(=O)=O. The highest BCUT2D eigenvalue weighted by Crippen LogP contribution is 2.23. The van der Waals surface area contributed by atoms with Crippen molar-refractivity contribution in [1.29, 1.82) is 0 Å². The summed E-state index contributed by atoms with van der Waals surface area (Å²) in [7, 11) is -2.22. The van der Waals surface area contributed by atoms with Gasteiger partial charge in [-0.3, -0.25) is 13.9 Å². The second-order valence-electron chi connectivity index (χ2n) is 8.12. The molecule has 0 saturated carbocycles. The van der Waals surface area contributed by atoms with Crippen molar-refractivity contribution >= 4 is 43.5 Å². The molecule has 0 heterocycles. The summed E-state index contributed by atoms with van der Waals surface area (Å²) in [5, 5.41) is 2.90. The molecule has 2 aromatic rings. The summed E-state index contributed by atoms with van der Waals surface area (Å²) >= 11 is 3.34. The van der Waals surface area contributed by atoms with Gasteiger partial charge in [0, 0.05) is 17.1 Å². The third-order valence-corrected chi connectivity index (χ3v) is 7.06. The van der Waals surface area contributed by atoms with E-state index in [9.17, 15) is 18.0 Å². The Morgan fingerprint density at radius 1 is 1.12 bits per heavy atom. The van der Waals surface area contributed by atoms with Crippen LogP contribution in [0.5, 0.6) is 5.75 Å². The molecule has 0 fully saturated rings. The van der Waals surface area contributed by atoms with Crippen molar-refractivity contribution < 1.29 is 22.7 Å². The van der Waals surface area contributed by atoms with Crippen LogP contribution in [0.4, 0.5) is 5.69 Å². The maximum absolute atomic E-state index is 13.5. The van der Waals surface area contributed by atoms with E-state index in [4.69, 9.17) is 4.74 Å². The minimum atomic E-state index is -3.77. The molecule has 2 amide bonds. The fourth-order valence-corrected chi connectivity index (χ4v) is 4.49. The third-order valence-electron chi connectivity index (χ3n) is 5.43. The highest BCUT2D eigenvalue weighted by molar-refractivity contribution is 9.10. The maximum atomic E-state index is 13.5. The Balaban J connectivity index is 2.40. The van der Waals surface area contributed by atoms with Gasteiger partial charge < -0.3 is 15.0 Å². The van der Waals surface area contributed by atoms with Crippen LogP contribution in [0, 0.1) is 0 Å². The van der Waals surface area contributed by atoms with Crippen LogP contribution in [0.3, 0.4) is 0 Å². The molecule has 2 rings (SSSR count). The van der Waals surface area contributed by atoms with Gasteiger partial charge in [-0.05, 0) is 56.2 Å². The standard InChI is InChI=1S/C24H32BrN3O5S/c1-6-17(2)26-24(30)18(3)27(15-19-9-7-12-22(13-19)33-4)23(29)16-28(34(5,31)32)21-11-8-10-20(25)14-21/h7-14,17-18H,6,15-16H2,1-5H3,(H,26,30). The van der Waals surface area contributed by atoms with Gasteiger partial charge >= 0.3 is 0 Å². The number of benzene rings is 2. The quantitative estimate of drug-likeness (QED) is 0.459. The average Bonchev–Trinajstić information content (AvgIpc) is 2.79. The first-order valence-corrected chi connectivity index (χ1v) is 13.6. The first-order chi connectivity index (χ1) is 16.0. The van der Waals surface area contributed by atoms with Crippen molar-refractivity contribution in [3.8, 4) is 5.75 Å². The molecular formula is C24H32BrN3O5S. The largest absolute Gasteiger partial charge is 0.497 e. The number of amides is 2. The molecule has 10 heteroatoms. The lowest BCUT2D eigenvalue weighted by Crippen LogP contribution is -2.52. The maximum Gasteiger partial charge on any atom is 0.244 e. The van der Waals surface area contributed by atoms with Crippen LogP contribution in [0.2, 0.25) is 0 Å². The second kappa shape index (κ2) is 12.2. The van der Waals surface area contributed by atoms with Gasteiger partial charge in [-0.1, -0.05) is 41.1 Å². The van der Waals surface area contributed by atoms with Crippen LogP contribution < -0.4 is 14.4 Å². The molecular weight excluding hydrogens is 522 g/mol. The number of carbonyl (C=O) groups excluding carboxylic acids is 2. The van der Waals surface area contributed by atoms with Crippen molar-refractivity contribution in [3.05, 3.63) is 58.6 Å². The van der Waals surface area contributed by atoms with Crippen LogP contribution in [0.1, 0.15) is 32.8 Å². The monoisotopic (exact) mass is 553 g/mol. The summed E-state index contributed by atoms with van der Waals surface area (Å²) in [6.07, 6.45) is 1.79. The molecule has 0 aromatic heterocycles. The Bertz CT molecular complexity index is 1110. The number of methoxy groups -OCH3 is 1. The van der Waals surface area contributed by atoms with Crippen molar-refractivity contribution in [1.82, 2.24) is 10.2 Å². The van der Waals surface area contributed by atoms with E-state index in [1.165, 1.54) is 4.90 Å². The molecule has 1 N–H and O–H groups in total. The van der Waals surface area contributed by atoms with Crippen LogP contribution in [0.25, 0.3) is 0 Å².